The van der Waals surface area contributed by atoms with E-state index < -0.39 is 6.10 Å². The zero-order chi connectivity index (χ0) is 24.1. The summed E-state index contributed by atoms with van der Waals surface area (Å²) in [4.78, 5) is 41.0. The van der Waals surface area contributed by atoms with Crippen LogP contribution in [-0.4, -0.2) is 43.5 Å². The fraction of sp³-hybridized carbons (Fsp3) is 0.423. The van der Waals surface area contributed by atoms with Gasteiger partial charge in [0.1, 0.15) is 6.10 Å². The van der Waals surface area contributed by atoms with E-state index in [-0.39, 0.29) is 30.2 Å². The molecule has 0 radical (unpaired) electrons. The van der Waals surface area contributed by atoms with Crippen molar-refractivity contribution in [2.24, 2.45) is 5.73 Å². The maximum Gasteiger partial charge on any atom is 0.256 e. The van der Waals surface area contributed by atoms with E-state index in [1.165, 1.54) is 0 Å². The highest BCUT2D eigenvalue weighted by molar-refractivity contribution is 6.02. The van der Waals surface area contributed by atoms with Gasteiger partial charge in [-0.15, -0.1) is 0 Å². The smallest absolute Gasteiger partial charge is 0.256 e. The van der Waals surface area contributed by atoms with Crippen molar-refractivity contribution in [3.8, 4) is 0 Å². The topological polar surface area (TPSA) is 105 Å². The lowest BCUT2D eigenvalue weighted by Crippen LogP contribution is -2.49. The molecule has 8 heteroatoms. The maximum absolute atomic E-state index is 13.0. The molecule has 2 atom stereocenters. The molecule has 34 heavy (non-hydrogen) atoms. The molecular weight excluding hydrogens is 432 g/mol. The number of hydrogen-bond acceptors (Lipinski definition) is 5. The first-order chi connectivity index (χ1) is 16.5. The normalized spacial score (nSPS) is 19.4. The van der Waals surface area contributed by atoms with Gasteiger partial charge in [-0.1, -0.05) is 25.5 Å². The molecule has 0 aromatic heterocycles. The van der Waals surface area contributed by atoms with Gasteiger partial charge in [0, 0.05) is 42.6 Å². The van der Waals surface area contributed by atoms with Crippen molar-refractivity contribution in [2.45, 2.75) is 51.2 Å². The average molecular weight is 465 g/mol. The van der Waals surface area contributed by atoms with Gasteiger partial charge >= 0.3 is 0 Å². The first-order valence-electron chi connectivity index (χ1n) is 11.9. The Labute approximate surface area is 200 Å². The lowest BCUT2D eigenvalue weighted by atomic mass is 10.0. The minimum absolute atomic E-state index is 0.0149. The molecule has 3 amide bonds. The van der Waals surface area contributed by atoms with E-state index in [9.17, 15) is 14.4 Å². The Morgan fingerprint density at radius 2 is 1.74 bits per heavy atom. The third kappa shape index (κ3) is 5.46. The number of benzene rings is 2. The van der Waals surface area contributed by atoms with Crippen molar-refractivity contribution in [2.75, 3.05) is 34.8 Å². The van der Waals surface area contributed by atoms with Gasteiger partial charge in [0.05, 0.1) is 13.0 Å². The molecule has 2 aliphatic rings. The van der Waals surface area contributed by atoms with E-state index >= 15 is 0 Å². The van der Waals surface area contributed by atoms with Crippen molar-refractivity contribution >= 4 is 34.8 Å². The lowest BCUT2D eigenvalue weighted by Gasteiger charge is -2.32. The number of carbonyl (C=O) groups is 3. The van der Waals surface area contributed by atoms with Crippen LogP contribution in [0.1, 0.15) is 50.6 Å². The van der Waals surface area contributed by atoms with Gasteiger partial charge < -0.3 is 25.6 Å². The van der Waals surface area contributed by atoms with Crippen LogP contribution in [0.4, 0.5) is 17.1 Å². The Morgan fingerprint density at radius 1 is 1.06 bits per heavy atom. The number of amides is 3. The molecule has 2 fully saturated rings. The second-order valence-electron chi connectivity index (χ2n) is 8.78. The molecule has 2 unspecified atom stereocenters. The second-order valence-corrected chi connectivity index (χ2v) is 8.78. The number of carbonyl (C=O) groups excluding carboxylic acids is 3. The Kier molecular flexibility index (Phi) is 7.59. The monoisotopic (exact) mass is 464 g/mol. The highest BCUT2D eigenvalue weighted by Gasteiger charge is 2.32. The molecule has 2 aliphatic heterocycles. The Hall–Kier alpha value is -3.23. The average Bonchev–Trinajstić information content (AvgIpc) is 3.27. The molecule has 2 saturated heterocycles. The third-order valence-electron chi connectivity index (χ3n) is 6.31. The molecule has 0 bridgehead atoms. The summed E-state index contributed by atoms with van der Waals surface area (Å²) in [6.45, 7) is 3.58. The summed E-state index contributed by atoms with van der Waals surface area (Å²) < 4.78 is 5.63. The molecular formula is C26H32N4O4. The van der Waals surface area contributed by atoms with Crippen molar-refractivity contribution < 1.29 is 19.1 Å². The number of anilines is 3. The number of nitrogens with one attached hydrogen (secondary N) is 1. The first-order valence-corrected chi connectivity index (χ1v) is 11.9. The molecule has 3 N–H and O–H groups in total. The van der Waals surface area contributed by atoms with Crippen LogP contribution in [0, 0.1) is 0 Å². The standard InChI is InChI=1S/C26H32N4O4/c1-2-4-22(27)18-6-8-19(9-7-18)28-24(31)17-23-26(33)30(15-16-34-23)21-12-10-20(11-13-21)29-14-3-5-25(29)32/h6-13,22-23H,2-5,14-17,27H2,1H3,(H,28,31). The minimum Gasteiger partial charge on any atom is -0.366 e. The van der Waals surface area contributed by atoms with Crippen molar-refractivity contribution in [1.29, 1.82) is 0 Å². The summed E-state index contributed by atoms with van der Waals surface area (Å²) in [5, 5.41) is 2.84. The largest absolute Gasteiger partial charge is 0.366 e. The zero-order valence-electron chi connectivity index (χ0n) is 19.5. The van der Waals surface area contributed by atoms with Gasteiger partial charge in [0.15, 0.2) is 0 Å². The number of nitrogens with two attached hydrogens (primary N) is 1. The van der Waals surface area contributed by atoms with Crippen LogP contribution in [0.25, 0.3) is 0 Å². The molecule has 180 valence electrons. The van der Waals surface area contributed by atoms with Gasteiger partial charge in [-0.05, 0) is 54.8 Å². The molecule has 0 aliphatic carbocycles. The van der Waals surface area contributed by atoms with Crippen LogP contribution in [0.5, 0.6) is 0 Å². The van der Waals surface area contributed by atoms with E-state index in [4.69, 9.17) is 10.5 Å². The number of hydrogen-bond donors (Lipinski definition) is 2. The summed E-state index contributed by atoms with van der Waals surface area (Å²) in [5.74, 6) is -0.402. The summed E-state index contributed by atoms with van der Waals surface area (Å²) in [5.41, 5.74) is 9.39. The quantitative estimate of drug-likeness (QED) is 0.623. The minimum atomic E-state index is -0.842. The molecule has 2 heterocycles. The first kappa shape index (κ1) is 23.9. The summed E-state index contributed by atoms with van der Waals surface area (Å²) in [6.07, 6.45) is 2.45. The highest BCUT2D eigenvalue weighted by atomic mass is 16.5. The van der Waals surface area contributed by atoms with Gasteiger partial charge in [0.2, 0.25) is 11.8 Å². The van der Waals surface area contributed by atoms with Crippen molar-refractivity contribution in [3.05, 3.63) is 54.1 Å². The fourth-order valence-corrected chi connectivity index (χ4v) is 4.45. The zero-order valence-corrected chi connectivity index (χ0v) is 19.5. The molecule has 0 saturated carbocycles. The number of rotatable bonds is 8. The van der Waals surface area contributed by atoms with Crippen LogP contribution in [-0.2, 0) is 19.1 Å². The SMILES string of the molecule is CCCC(N)c1ccc(NC(=O)CC2OCCN(c3ccc(N4CCCC4=O)cc3)C2=O)cc1. The van der Waals surface area contributed by atoms with Crippen LogP contribution in [0.3, 0.4) is 0 Å². The molecule has 2 aromatic carbocycles. The summed E-state index contributed by atoms with van der Waals surface area (Å²) in [6, 6.07) is 14.9. The van der Waals surface area contributed by atoms with Crippen LogP contribution in [0.15, 0.2) is 48.5 Å². The Morgan fingerprint density at radius 3 is 2.35 bits per heavy atom. The number of ether oxygens (including phenoxy) is 1. The molecule has 8 nitrogen and oxygen atoms in total. The van der Waals surface area contributed by atoms with E-state index in [0.29, 0.717) is 25.3 Å². The fourth-order valence-electron chi connectivity index (χ4n) is 4.45. The van der Waals surface area contributed by atoms with Crippen molar-refractivity contribution in [1.82, 2.24) is 0 Å². The number of morpholine rings is 1. The molecule has 2 aromatic rings. The van der Waals surface area contributed by atoms with Crippen molar-refractivity contribution in [3.63, 3.8) is 0 Å². The lowest BCUT2D eigenvalue weighted by molar-refractivity contribution is -0.137. The third-order valence-corrected chi connectivity index (χ3v) is 6.31. The Bertz CT molecular complexity index is 1020. The van der Waals surface area contributed by atoms with E-state index in [1.54, 1.807) is 9.80 Å². The van der Waals surface area contributed by atoms with E-state index in [2.05, 4.69) is 12.2 Å². The van der Waals surface area contributed by atoms with Gasteiger partial charge in [-0.2, -0.15) is 0 Å². The Balaban J connectivity index is 1.34. The van der Waals surface area contributed by atoms with E-state index in [0.717, 1.165) is 42.7 Å². The van der Waals surface area contributed by atoms with Gasteiger partial charge in [0.25, 0.3) is 5.91 Å². The van der Waals surface area contributed by atoms with Crippen LogP contribution in [0.2, 0.25) is 0 Å². The second kappa shape index (κ2) is 10.8. The number of nitrogens with zero attached hydrogens (tertiary/aromatic N) is 2. The molecule has 0 spiro atoms. The maximum atomic E-state index is 13.0. The van der Waals surface area contributed by atoms with Gasteiger partial charge in [-0.25, -0.2) is 0 Å². The van der Waals surface area contributed by atoms with Crippen LogP contribution >= 0.6 is 0 Å². The van der Waals surface area contributed by atoms with Crippen LogP contribution < -0.4 is 20.9 Å². The molecule has 4 rings (SSSR count). The van der Waals surface area contributed by atoms with E-state index in [1.807, 2.05) is 48.5 Å². The predicted molar refractivity (Wildman–Crippen MR) is 132 cm³/mol. The highest BCUT2D eigenvalue weighted by Crippen LogP contribution is 2.27. The summed E-state index contributed by atoms with van der Waals surface area (Å²) in [7, 11) is 0. The predicted octanol–water partition coefficient (Wildman–Crippen LogP) is 3.37. The summed E-state index contributed by atoms with van der Waals surface area (Å²) >= 11 is 0. The van der Waals surface area contributed by atoms with Gasteiger partial charge in [-0.3, -0.25) is 14.4 Å².